The number of aryl methyl sites for hydroxylation is 1. The van der Waals surface area contributed by atoms with Crippen molar-refractivity contribution in [1.82, 2.24) is 30.4 Å². The van der Waals surface area contributed by atoms with Crippen molar-refractivity contribution in [2.45, 2.75) is 25.8 Å². The molecule has 0 bridgehead atoms. The molecule has 0 atom stereocenters. The second-order valence-corrected chi connectivity index (χ2v) is 7.59. The van der Waals surface area contributed by atoms with Crippen LogP contribution in [0.5, 0.6) is 0 Å². The number of rotatable bonds is 4. The predicted molar refractivity (Wildman–Crippen MR) is 105 cm³/mol. The van der Waals surface area contributed by atoms with Gasteiger partial charge in [-0.25, -0.2) is 4.68 Å². The summed E-state index contributed by atoms with van der Waals surface area (Å²) in [6, 6.07) is 7.44. The molecule has 8 nitrogen and oxygen atoms in total. The molecule has 1 saturated heterocycles. The summed E-state index contributed by atoms with van der Waals surface area (Å²) in [7, 11) is 0. The minimum absolute atomic E-state index is 0.00831. The summed E-state index contributed by atoms with van der Waals surface area (Å²) in [5.41, 5.74) is 3.11. The maximum atomic E-state index is 12.9. The van der Waals surface area contributed by atoms with Crippen molar-refractivity contribution in [3.63, 3.8) is 0 Å². The monoisotopic (exact) mass is 396 g/mol. The number of hydrogen-bond acceptors (Lipinski definition) is 6. The predicted octanol–water partition coefficient (Wildman–Crippen LogP) is 2.07. The number of aromatic nitrogens is 4. The third-order valence-electron chi connectivity index (χ3n) is 4.94. The van der Waals surface area contributed by atoms with E-state index in [1.54, 1.807) is 10.7 Å². The average molecular weight is 396 g/mol. The SMILES string of the molecule is Cc1cc(C(=O)N2CCC(NC(=O)c3ccsc3)CC2)ccc1-n1cnnn1. The lowest BCUT2D eigenvalue weighted by molar-refractivity contribution is 0.0698. The molecule has 1 aliphatic heterocycles. The van der Waals surface area contributed by atoms with Gasteiger partial charge in [-0.15, -0.1) is 5.10 Å². The Morgan fingerprint density at radius 2 is 2.00 bits per heavy atom. The van der Waals surface area contributed by atoms with Gasteiger partial charge < -0.3 is 10.2 Å². The largest absolute Gasteiger partial charge is 0.349 e. The molecule has 1 aliphatic rings. The molecule has 3 aromatic rings. The van der Waals surface area contributed by atoms with E-state index in [2.05, 4.69) is 20.8 Å². The van der Waals surface area contributed by atoms with Gasteiger partial charge in [-0.05, 0) is 65.4 Å². The first-order valence-electron chi connectivity index (χ1n) is 9.08. The van der Waals surface area contributed by atoms with Gasteiger partial charge in [0.25, 0.3) is 11.8 Å². The number of nitrogens with one attached hydrogen (secondary N) is 1. The van der Waals surface area contributed by atoms with Crippen LogP contribution >= 0.6 is 11.3 Å². The Kier molecular flexibility index (Phi) is 5.16. The van der Waals surface area contributed by atoms with Crippen LogP contribution in [0.25, 0.3) is 5.69 Å². The third-order valence-corrected chi connectivity index (χ3v) is 5.62. The van der Waals surface area contributed by atoms with E-state index in [1.807, 2.05) is 40.8 Å². The number of amides is 2. The molecule has 0 spiro atoms. The highest BCUT2D eigenvalue weighted by molar-refractivity contribution is 7.08. The molecular formula is C19H20N6O2S. The van der Waals surface area contributed by atoms with Gasteiger partial charge in [0.05, 0.1) is 5.69 Å². The Balaban J connectivity index is 1.36. The molecule has 144 valence electrons. The van der Waals surface area contributed by atoms with Crippen LogP contribution in [0.3, 0.4) is 0 Å². The Hall–Kier alpha value is -3.07. The number of nitrogens with zero attached hydrogens (tertiary/aromatic N) is 5. The lowest BCUT2D eigenvalue weighted by atomic mass is 10.0. The van der Waals surface area contributed by atoms with E-state index in [1.165, 1.54) is 17.7 Å². The smallest absolute Gasteiger partial charge is 0.253 e. The fourth-order valence-electron chi connectivity index (χ4n) is 3.39. The fraction of sp³-hybridized carbons (Fsp3) is 0.316. The van der Waals surface area contributed by atoms with Crippen LogP contribution in [0.2, 0.25) is 0 Å². The standard InChI is InChI=1S/C19H20N6O2S/c1-13-10-14(2-3-17(13)25-12-20-22-23-25)19(27)24-7-4-16(5-8-24)21-18(26)15-6-9-28-11-15/h2-3,6,9-12,16H,4-5,7-8H2,1H3,(H,21,26). The fourth-order valence-corrected chi connectivity index (χ4v) is 4.03. The van der Waals surface area contributed by atoms with Gasteiger partial charge in [-0.3, -0.25) is 9.59 Å². The van der Waals surface area contributed by atoms with Gasteiger partial charge in [-0.2, -0.15) is 11.3 Å². The number of carbonyl (C=O) groups excluding carboxylic acids is 2. The Labute approximate surface area is 166 Å². The molecule has 9 heteroatoms. The van der Waals surface area contributed by atoms with Gasteiger partial charge >= 0.3 is 0 Å². The molecule has 0 aliphatic carbocycles. The highest BCUT2D eigenvalue weighted by Crippen LogP contribution is 2.19. The lowest BCUT2D eigenvalue weighted by Crippen LogP contribution is -2.46. The quantitative estimate of drug-likeness (QED) is 0.729. The van der Waals surface area contributed by atoms with E-state index in [0.717, 1.165) is 24.1 Å². The molecule has 1 fully saturated rings. The number of carbonyl (C=O) groups is 2. The number of hydrogen-bond donors (Lipinski definition) is 1. The zero-order valence-corrected chi connectivity index (χ0v) is 16.2. The van der Waals surface area contributed by atoms with Gasteiger partial charge in [-0.1, -0.05) is 0 Å². The first-order chi connectivity index (χ1) is 13.6. The molecule has 3 heterocycles. The Morgan fingerprint density at radius 1 is 1.18 bits per heavy atom. The molecule has 2 amide bonds. The topological polar surface area (TPSA) is 93.0 Å². The van der Waals surface area contributed by atoms with Crippen molar-refractivity contribution < 1.29 is 9.59 Å². The number of likely N-dealkylation sites (tertiary alicyclic amines) is 1. The van der Waals surface area contributed by atoms with Crippen LogP contribution in [0.4, 0.5) is 0 Å². The number of benzene rings is 1. The van der Waals surface area contributed by atoms with Crippen LogP contribution in [-0.4, -0.2) is 56.1 Å². The lowest BCUT2D eigenvalue weighted by Gasteiger charge is -2.32. The maximum absolute atomic E-state index is 12.9. The van der Waals surface area contributed by atoms with Gasteiger partial charge in [0, 0.05) is 35.6 Å². The molecule has 0 saturated carbocycles. The second kappa shape index (κ2) is 7.89. The van der Waals surface area contributed by atoms with Gasteiger partial charge in [0.15, 0.2) is 0 Å². The van der Waals surface area contributed by atoms with E-state index in [0.29, 0.717) is 24.2 Å². The summed E-state index contributed by atoms with van der Waals surface area (Å²) in [5, 5.41) is 18.0. The minimum atomic E-state index is -0.0418. The van der Waals surface area contributed by atoms with Crippen molar-refractivity contribution in [2.75, 3.05) is 13.1 Å². The van der Waals surface area contributed by atoms with Crippen LogP contribution in [0.15, 0.2) is 41.4 Å². The zero-order valence-electron chi connectivity index (χ0n) is 15.4. The van der Waals surface area contributed by atoms with E-state index in [4.69, 9.17) is 0 Å². The number of thiophene rings is 1. The summed E-state index contributed by atoms with van der Waals surface area (Å²) in [6.45, 7) is 3.18. The van der Waals surface area contributed by atoms with Crippen LogP contribution in [0.1, 0.15) is 39.1 Å². The Bertz CT molecular complexity index is 962. The summed E-state index contributed by atoms with van der Waals surface area (Å²) < 4.78 is 1.57. The highest BCUT2D eigenvalue weighted by Gasteiger charge is 2.25. The molecule has 0 unspecified atom stereocenters. The zero-order chi connectivity index (χ0) is 19.5. The highest BCUT2D eigenvalue weighted by atomic mass is 32.1. The molecule has 2 aromatic heterocycles. The summed E-state index contributed by atoms with van der Waals surface area (Å²) in [6.07, 6.45) is 3.03. The summed E-state index contributed by atoms with van der Waals surface area (Å²) >= 11 is 1.51. The van der Waals surface area contributed by atoms with Crippen molar-refractivity contribution in [3.05, 3.63) is 58.0 Å². The molecule has 1 aromatic carbocycles. The number of piperidine rings is 1. The molecular weight excluding hydrogens is 376 g/mol. The maximum Gasteiger partial charge on any atom is 0.253 e. The van der Waals surface area contributed by atoms with E-state index < -0.39 is 0 Å². The first kappa shape index (κ1) is 18.3. The normalized spacial score (nSPS) is 14.8. The molecule has 28 heavy (non-hydrogen) atoms. The molecule has 1 N–H and O–H groups in total. The van der Waals surface area contributed by atoms with Crippen molar-refractivity contribution >= 4 is 23.2 Å². The summed E-state index contributed by atoms with van der Waals surface area (Å²) in [4.78, 5) is 26.9. The van der Waals surface area contributed by atoms with Crippen molar-refractivity contribution in [1.29, 1.82) is 0 Å². The average Bonchev–Trinajstić information content (AvgIpc) is 3.42. The molecule has 4 rings (SSSR count). The van der Waals surface area contributed by atoms with E-state index >= 15 is 0 Å². The Morgan fingerprint density at radius 3 is 2.64 bits per heavy atom. The van der Waals surface area contributed by atoms with Crippen molar-refractivity contribution in [2.24, 2.45) is 0 Å². The first-order valence-corrected chi connectivity index (χ1v) is 10.0. The van der Waals surface area contributed by atoms with Crippen LogP contribution < -0.4 is 5.32 Å². The minimum Gasteiger partial charge on any atom is -0.349 e. The van der Waals surface area contributed by atoms with Gasteiger partial charge in [0.1, 0.15) is 6.33 Å². The van der Waals surface area contributed by atoms with Gasteiger partial charge in [0.2, 0.25) is 0 Å². The molecule has 0 radical (unpaired) electrons. The van der Waals surface area contributed by atoms with Crippen molar-refractivity contribution in [3.8, 4) is 5.69 Å². The third kappa shape index (κ3) is 3.79. The van der Waals surface area contributed by atoms with E-state index in [9.17, 15) is 9.59 Å². The second-order valence-electron chi connectivity index (χ2n) is 6.81. The van der Waals surface area contributed by atoms with Crippen LogP contribution in [-0.2, 0) is 0 Å². The number of tetrazole rings is 1. The van der Waals surface area contributed by atoms with Crippen LogP contribution in [0, 0.1) is 6.92 Å². The van der Waals surface area contributed by atoms with E-state index in [-0.39, 0.29) is 17.9 Å². The summed E-state index contributed by atoms with van der Waals surface area (Å²) in [5.74, 6) is -0.0335.